The Hall–Kier alpha value is -3.26. The van der Waals surface area contributed by atoms with Crippen LogP contribution in [-0.4, -0.2) is 25.4 Å². The number of benzene rings is 2. The van der Waals surface area contributed by atoms with Crippen LogP contribution >= 0.6 is 15.9 Å². The van der Waals surface area contributed by atoms with E-state index in [-0.39, 0.29) is 16.6 Å². The molecule has 0 aliphatic heterocycles. The van der Waals surface area contributed by atoms with Crippen molar-refractivity contribution in [2.45, 2.75) is 26.2 Å². The third-order valence-corrected chi connectivity index (χ3v) is 5.34. The lowest BCUT2D eigenvalue weighted by molar-refractivity contribution is 0.0997. The Labute approximate surface area is 181 Å². The maximum absolute atomic E-state index is 12.8. The fourth-order valence-electron chi connectivity index (χ4n) is 3.27. The molecule has 152 valence electrons. The summed E-state index contributed by atoms with van der Waals surface area (Å²) in [7, 11) is 0. The average molecular weight is 466 g/mol. The molecule has 0 saturated heterocycles. The molecule has 1 amide bonds. The molecule has 0 spiro atoms. The van der Waals surface area contributed by atoms with E-state index < -0.39 is 11.6 Å². The number of hydrogen-bond acceptors (Lipinski definition) is 4. The van der Waals surface area contributed by atoms with Crippen LogP contribution in [0.4, 0.5) is 0 Å². The molecule has 0 saturated carbocycles. The van der Waals surface area contributed by atoms with Crippen molar-refractivity contribution in [3.63, 3.8) is 0 Å². The number of nitrogens with one attached hydrogen (secondary N) is 1. The average Bonchev–Trinajstić information content (AvgIpc) is 3.02. The summed E-state index contributed by atoms with van der Waals surface area (Å²) in [4.78, 5) is 36.4. The number of fused-ring (bicyclic) bond motifs is 1. The lowest BCUT2D eigenvalue weighted by atomic mass is 9.87. The van der Waals surface area contributed by atoms with E-state index in [9.17, 15) is 9.59 Å². The zero-order valence-corrected chi connectivity index (χ0v) is 18.3. The van der Waals surface area contributed by atoms with E-state index in [1.54, 1.807) is 0 Å². The molecule has 0 unspecified atom stereocenters. The first-order chi connectivity index (χ1) is 14.1. The second-order valence-corrected chi connectivity index (χ2v) is 8.95. The lowest BCUT2D eigenvalue weighted by Crippen LogP contribution is -2.16. The van der Waals surface area contributed by atoms with Crippen molar-refractivity contribution in [2.75, 3.05) is 0 Å². The van der Waals surface area contributed by atoms with Gasteiger partial charge in [-0.25, -0.2) is 19.3 Å². The van der Waals surface area contributed by atoms with Crippen LogP contribution in [0.3, 0.4) is 0 Å². The molecule has 0 bridgehead atoms. The summed E-state index contributed by atoms with van der Waals surface area (Å²) in [6.07, 6.45) is 0. The Bertz CT molecular complexity index is 1330. The fourth-order valence-corrected chi connectivity index (χ4v) is 3.67. The van der Waals surface area contributed by atoms with E-state index in [0.29, 0.717) is 22.7 Å². The van der Waals surface area contributed by atoms with Crippen molar-refractivity contribution in [3.8, 4) is 17.1 Å². The van der Waals surface area contributed by atoms with E-state index in [1.165, 1.54) is 4.57 Å². The van der Waals surface area contributed by atoms with Crippen LogP contribution in [0.2, 0.25) is 0 Å². The summed E-state index contributed by atoms with van der Waals surface area (Å²) >= 11 is 3.43. The Balaban J connectivity index is 1.98. The molecule has 0 atom stereocenters. The minimum absolute atomic E-state index is 0.0150. The van der Waals surface area contributed by atoms with Crippen molar-refractivity contribution >= 4 is 33.0 Å². The smallest absolute Gasteiger partial charge is 0.332 e. The van der Waals surface area contributed by atoms with Gasteiger partial charge in [0.15, 0.2) is 17.2 Å². The van der Waals surface area contributed by atoms with Crippen LogP contribution in [-0.2, 0) is 5.41 Å². The third kappa shape index (κ3) is 3.54. The molecule has 4 aromatic rings. The molecule has 3 N–H and O–H groups in total. The summed E-state index contributed by atoms with van der Waals surface area (Å²) in [5.41, 5.74) is 8.06. The molecule has 2 aromatic heterocycles. The normalized spacial score (nSPS) is 11.7. The van der Waals surface area contributed by atoms with E-state index >= 15 is 0 Å². The standard InChI is InChI=1S/C22H20BrN5O2/c1-22(2,3)13-7-9-15(10-8-13)28-20-17(26-21(28)30)16(18(24)29)25-19(27-20)12-5-4-6-14(23)11-12/h4-11H,1-3H3,(H2,24,29)(H,26,30). The van der Waals surface area contributed by atoms with E-state index in [4.69, 9.17) is 5.73 Å². The quantitative estimate of drug-likeness (QED) is 0.477. The second kappa shape index (κ2) is 7.21. The number of rotatable bonds is 3. The summed E-state index contributed by atoms with van der Waals surface area (Å²) in [6.45, 7) is 6.36. The molecule has 2 heterocycles. The number of amides is 1. The van der Waals surface area contributed by atoms with Gasteiger partial charge in [-0.1, -0.05) is 61.0 Å². The first kappa shape index (κ1) is 20.0. The number of aromatic amines is 1. The number of nitrogens with zero attached hydrogens (tertiary/aromatic N) is 3. The highest BCUT2D eigenvalue weighted by atomic mass is 79.9. The number of carbonyl (C=O) groups excluding carboxylic acids is 1. The predicted molar refractivity (Wildman–Crippen MR) is 120 cm³/mol. The minimum atomic E-state index is -0.741. The Kier molecular flexibility index (Phi) is 4.82. The molecule has 0 aliphatic rings. The van der Waals surface area contributed by atoms with E-state index in [2.05, 4.69) is 51.7 Å². The highest BCUT2D eigenvalue weighted by Gasteiger charge is 2.21. The largest absolute Gasteiger partial charge is 0.364 e. The molecule has 8 heteroatoms. The number of halogens is 1. The third-order valence-electron chi connectivity index (χ3n) is 4.84. The topological polar surface area (TPSA) is 107 Å². The number of H-pyrrole nitrogens is 1. The lowest BCUT2D eigenvalue weighted by Gasteiger charge is -2.19. The monoisotopic (exact) mass is 465 g/mol. The molecule has 30 heavy (non-hydrogen) atoms. The van der Waals surface area contributed by atoms with E-state index in [1.807, 2.05) is 48.5 Å². The SMILES string of the molecule is CC(C)(C)c1ccc(-n2c(=O)[nH]c3c(C(N)=O)nc(-c4cccc(Br)c4)nc32)cc1. The first-order valence-corrected chi connectivity index (χ1v) is 10.1. The van der Waals surface area contributed by atoms with Crippen LogP contribution in [0.1, 0.15) is 36.8 Å². The highest BCUT2D eigenvalue weighted by molar-refractivity contribution is 9.10. The van der Waals surface area contributed by atoms with Gasteiger partial charge in [0.05, 0.1) is 5.69 Å². The van der Waals surface area contributed by atoms with Gasteiger partial charge in [-0.05, 0) is 35.2 Å². The zero-order chi connectivity index (χ0) is 21.6. The maximum Gasteiger partial charge on any atom is 0.332 e. The molecule has 0 fully saturated rings. The van der Waals surface area contributed by atoms with Crippen molar-refractivity contribution in [3.05, 3.63) is 74.7 Å². The number of nitrogens with two attached hydrogens (primary N) is 1. The number of carbonyl (C=O) groups is 1. The van der Waals surface area contributed by atoms with Crippen LogP contribution in [0.25, 0.3) is 28.2 Å². The zero-order valence-electron chi connectivity index (χ0n) is 16.7. The summed E-state index contributed by atoms with van der Waals surface area (Å²) < 4.78 is 2.27. The Morgan fingerprint density at radius 2 is 1.80 bits per heavy atom. The molecule has 0 aliphatic carbocycles. The van der Waals surface area contributed by atoms with Crippen molar-refractivity contribution in [1.82, 2.24) is 19.5 Å². The molecule has 7 nitrogen and oxygen atoms in total. The van der Waals surface area contributed by atoms with Crippen molar-refractivity contribution in [1.29, 1.82) is 0 Å². The Morgan fingerprint density at radius 1 is 1.10 bits per heavy atom. The van der Waals surface area contributed by atoms with Gasteiger partial charge in [-0.2, -0.15) is 0 Å². The summed E-state index contributed by atoms with van der Waals surface area (Å²) in [5, 5.41) is 0. The maximum atomic E-state index is 12.8. The minimum Gasteiger partial charge on any atom is -0.364 e. The van der Waals surface area contributed by atoms with E-state index in [0.717, 1.165) is 10.0 Å². The van der Waals surface area contributed by atoms with Gasteiger partial charge in [0.25, 0.3) is 5.91 Å². The predicted octanol–water partition coefficient (Wildman–Crippen LogP) is 3.93. The molecule has 0 radical (unpaired) electrons. The van der Waals surface area contributed by atoms with Crippen LogP contribution in [0.5, 0.6) is 0 Å². The second-order valence-electron chi connectivity index (χ2n) is 8.03. The number of imidazole rings is 1. The summed E-state index contributed by atoms with van der Waals surface area (Å²) in [5.74, 6) is -0.438. The number of aromatic nitrogens is 4. The number of hydrogen-bond donors (Lipinski definition) is 2. The summed E-state index contributed by atoms with van der Waals surface area (Å²) in [6, 6.07) is 15.0. The molecule has 4 rings (SSSR count). The van der Waals surface area contributed by atoms with Gasteiger partial charge in [-0.3, -0.25) is 4.79 Å². The van der Waals surface area contributed by atoms with Crippen molar-refractivity contribution in [2.24, 2.45) is 5.73 Å². The highest BCUT2D eigenvalue weighted by Crippen LogP contribution is 2.26. The van der Waals surface area contributed by atoms with Gasteiger partial charge >= 0.3 is 5.69 Å². The van der Waals surface area contributed by atoms with Crippen LogP contribution in [0, 0.1) is 0 Å². The molecular weight excluding hydrogens is 446 g/mol. The Morgan fingerprint density at radius 3 is 2.40 bits per heavy atom. The molecule has 2 aromatic carbocycles. The van der Waals surface area contributed by atoms with Gasteiger partial charge in [0.2, 0.25) is 0 Å². The number of primary amides is 1. The van der Waals surface area contributed by atoms with Gasteiger partial charge < -0.3 is 10.7 Å². The fraction of sp³-hybridized carbons (Fsp3) is 0.182. The molecular formula is C22H20BrN5O2. The van der Waals surface area contributed by atoms with Gasteiger partial charge in [0, 0.05) is 10.0 Å². The van der Waals surface area contributed by atoms with Crippen molar-refractivity contribution < 1.29 is 4.79 Å². The first-order valence-electron chi connectivity index (χ1n) is 9.34. The van der Waals surface area contributed by atoms with Gasteiger partial charge in [-0.15, -0.1) is 0 Å². The van der Waals surface area contributed by atoms with Crippen LogP contribution < -0.4 is 11.4 Å². The van der Waals surface area contributed by atoms with Gasteiger partial charge in [0.1, 0.15) is 5.52 Å². The van der Waals surface area contributed by atoms with Crippen LogP contribution in [0.15, 0.2) is 57.8 Å².